The van der Waals surface area contributed by atoms with E-state index in [1.807, 2.05) is 13.8 Å². The van der Waals surface area contributed by atoms with Crippen molar-refractivity contribution in [3.8, 4) is 5.75 Å². The minimum Gasteiger partial charge on any atom is -0.495 e. The van der Waals surface area contributed by atoms with E-state index in [0.29, 0.717) is 13.0 Å². The van der Waals surface area contributed by atoms with E-state index in [4.69, 9.17) is 4.74 Å². The molecule has 1 fully saturated rings. The zero-order valence-corrected chi connectivity index (χ0v) is 15.5. The van der Waals surface area contributed by atoms with Crippen LogP contribution in [0.1, 0.15) is 20.3 Å². The fourth-order valence-corrected chi connectivity index (χ4v) is 4.30. The zero-order chi connectivity index (χ0) is 18.6. The summed E-state index contributed by atoms with van der Waals surface area (Å²) in [4.78, 5) is 13.5. The molecule has 9 heteroatoms. The maximum absolute atomic E-state index is 13.6. The van der Waals surface area contributed by atoms with Crippen LogP contribution in [0.15, 0.2) is 23.1 Å². The minimum absolute atomic E-state index is 0.00661. The molecule has 1 N–H and O–H groups in total. The highest BCUT2D eigenvalue weighted by atomic mass is 32.2. The Bertz CT molecular complexity index is 724. The van der Waals surface area contributed by atoms with Crippen molar-refractivity contribution >= 4 is 16.1 Å². The standard InChI is InChI=1S/C16H24FN3O4S/c1-12(2)18-16(21)19-7-4-8-20(10-9-19)25(22,23)15-11-13(17)5-6-14(15)24-3/h5-6,11-12H,4,7-10H2,1-3H3,(H,18,21). The molecular formula is C16H24FN3O4S. The number of hydrogen-bond donors (Lipinski definition) is 1. The monoisotopic (exact) mass is 373 g/mol. The Morgan fingerprint density at radius 1 is 1.24 bits per heavy atom. The number of nitrogens with one attached hydrogen (secondary N) is 1. The molecule has 0 bridgehead atoms. The van der Waals surface area contributed by atoms with E-state index in [9.17, 15) is 17.6 Å². The van der Waals surface area contributed by atoms with Gasteiger partial charge in [-0.3, -0.25) is 0 Å². The summed E-state index contributed by atoms with van der Waals surface area (Å²) in [6.07, 6.45) is 0.502. The Balaban J connectivity index is 2.19. The molecule has 1 aliphatic heterocycles. The van der Waals surface area contributed by atoms with Crippen molar-refractivity contribution in [2.75, 3.05) is 33.3 Å². The number of methoxy groups -OCH3 is 1. The predicted octanol–water partition coefficient (Wildman–Crippen LogP) is 1.65. The van der Waals surface area contributed by atoms with Gasteiger partial charge < -0.3 is 15.0 Å². The van der Waals surface area contributed by atoms with Gasteiger partial charge in [-0.25, -0.2) is 17.6 Å². The van der Waals surface area contributed by atoms with Crippen molar-refractivity contribution in [1.82, 2.24) is 14.5 Å². The fourth-order valence-electron chi connectivity index (χ4n) is 2.67. The van der Waals surface area contributed by atoms with Gasteiger partial charge in [0.1, 0.15) is 16.5 Å². The number of benzene rings is 1. The average Bonchev–Trinajstić information content (AvgIpc) is 2.80. The molecular weight excluding hydrogens is 349 g/mol. The molecule has 25 heavy (non-hydrogen) atoms. The molecule has 0 aliphatic carbocycles. The molecule has 0 unspecified atom stereocenters. The second-order valence-corrected chi connectivity index (χ2v) is 8.05. The van der Waals surface area contributed by atoms with Gasteiger partial charge in [0.15, 0.2) is 0 Å². The van der Waals surface area contributed by atoms with Crippen LogP contribution in [0.5, 0.6) is 5.75 Å². The van der Waals surface area contributed by atoms with Gasteiger partial charge in [0.05, 0.1) is 7.11 Å². The minimum atomic E-state index is -3.91. The number of urea groups is 1. The summed E-state index contributed by atoms with van der Waals surface area (Å²) in [5.74, 6) is -0.549. The van der Waals surface area contributed by atoms with Gasteiger partial charge in [0.25, 0.3) is 0 Å². The maximum Gasteiger partial charge on any atom is 0.317 e. The first-order chi connectivity index (χ1) is 11.8. The first kappa shape index (κ1) is 19.5. The summed E-state index contributed by atoms with van der Waals surface area (Å²) >= 11 is 0. The molecule has 0 radical (unpaired) electrons. The number of ether oxygens (including phenoxy) is 1. The van der Waals surface area contributed by atoms with Crippen molar-refractivity contribution in [3.63, 3.8) is 0 Å². The number of sulfonamides is 1. The van der Waals surface area contributed by atoms with Crippen LogP contribution in [0.4, 0.5) is 9.18 Å². The van der Waals surface area contributed by atoms with E-state index in [0.717, 1.165) is 12.1 Å². The number of carbonyl (C=O) groups is 1. The SMILES string of the molecule is COc1ccc(F)cc1S(=O)(=O)N1CCCN(C(=O)NC(C)C)CC1. The van der Waals surface area contributed by atoms with Gasteiger partial charge in [-0.15, -0.1) is 0 Å². The molecule has 2 rings (SSSR count). The van der Waals surface area contributed by atoms with E-state index in [-0.39, 0.29) is 42.4 Å². The quantitative estimate of drug-likeness (QED) is 0.870. The van der Waals surface area contributed by atoms with Crippen molar-refractivity contribution in [2.45, 2.75) is 31.2 Å². The van der Waals surface area contributed by atoms with E-state index >= 15 is 0 Å². The van der Waals surface area contributed by atoms with Crippen LogP contribution in [0.3, 0.4) is 0 Å². The number of rotatable bonds is 4. The molecule has 1 saturated heterocycles. The number of halogens is 1. The van der Waals surface area contributed by atoms with Crippen LogP contribution in [0, 0.1) is 5.82 Å². The molecule has 0 spiro atoms. The number of carbonyl (C=O) groups excluding carboxylic acids is 1. The summed E-state index contributed by atoms with van der Waals surface area (Å²) in [5.41, 5.74) is 0. The number of amides is 2. The van der Waals surface area contributed by atoms with Gasteiger partial charge >= 0.3 is 6.03 Å². The lowest BCUT2D eigenvalue weighted by Gasteiger charge is -2.23. The summed E-state index contributed by atoms with van der Waals surface area (Å²) in [7, 11) is -2.57. The van der Waals surface area contributed by atoms with Crippen LogP contribution in [-0.4, -0.2) is 63.0 Å². The molecule has 140 valence electrons. The van der Waals surface area contributed by atoms with Crippen LogP contribution >= 0.6 is 0 Å². The van der Waals surface area contributed by atoms with E-state index in [1.165, 1.54) is 17.5 Å². The fraction of sp³-hybridized carbons (Fsp3) is 0.562. The lowest BCUT2D eigenvalue weighted by Crippen LogP contribution is -2.44. The van der Waals surface area contributed by atoms with E-state index in [2.05, 4.69) is 5.32 Å². The highest BCUT2D eigenvalue weighted by Gasteiger charge is 2.31. The molecule has 1 aliphatic rings. The molecule has 2 amide bonds. The van der Waals surface area contributed by atoms with E-state index < -0.39 is 15.8 Å². The highest BCUT2D eigenvalue weighted by Crippen LogP contribution is 2.28. The summed E-state index contributed by atoms with van der Waals surface area (Å²) in [6.45, 7) is 4.87. The first-order valence-electron chi connectivity index (χ1n) is 8.15. The second-order valence-electron chi connectivity index (χ2n) is 6.14. The van der Waals surface area contributed by atoms with Crippen molar-refractivity contribution < 1.29 is 22.3 Å². The van der Waals surface area contributed by atoms with Crippen LogP contribution in [0.2, 0.25) is 0 Å². The number of nitrogens with zero attached hydrogens (tertiary/aromatic N) is 2. The van der Waals surface area contributed by atoms with Crippen LogP contribution in [-0.2, 0) is 10.0 Å². The van der Waals surface area contributed by atoms with Gasteiger partial charge in [-0.1, -0.05) is 0 Å². The Hall–Kier alpha value is -1.87. The van der Waals surface area contributed by atoms with Gasteiger partial charge in [0, 0.05) is 32.2 Å². The van der Waals surface area contributed by atoms with Gasteiger partial charge in [-0.2, -0.15) is 4.31 Å². The zero-order valence-electron chi connectivity index (χ0n) is 14.7. The smallest absolute Gasteiger partial charge is 0.317 e. The average molecular weight is 373 g/mol. The third-order valence-corrected chi connectivity index (χ3v) is 5.82. The molecule has 7 nitrogen and oxygen atoms in total. The molecule has 1 heterocycles. The molecule has 0 atom stereocenters. The van der Waals surface area contributed by atoms with Crippen molar-refractivity contribution in [2.24, 2.45) is 0 Å². The Kier molecular flexibility index (Phi) is 6.23. The number of hydrogen-bond acceptors (Lipinski definition) is 4. The molecule has 0 aromatic heterocycles. The van der Waals surface area contributed by atoms with Crippen LogP contribution < -0.4 is 10.1 Å². The summed E-state index contributed by atoms with van der Waals surface area (Å²) < 4.78 is 45.7. The Labute approximate surface area is 147 Å². The summed E-state index contributed by atoms with van der Waals surface area (Å²) in [5, 5.41) is 2.80. The largest absolute Gasteiger partial charge is 0.495 e. The third-order valence-electron chi connectivity index (χ3n) is 3.90. The predicted molar refractivity (Wildman–Crippen MR) is 91.6 cm³/mol. The van der Waals surface area contributed by atoms with Gasteiger partial charge in [0.2, 0.25) is 10.0 Å². The van der Waals surface area contributed by atoms with Gasteiger partial charge in [-0.05, 0) is 38.5 Å². The summed E-state index contributed by atoms with van der Waals surface area (Å²) in [6, 6.07) is 3.20. The molecule has 1 aromatic carbocycles. The Morgan fingerprint density at radius 3 is 2.60 bits per heavy atom. The molecule has 0 saturated carbocycles. The first-order valence-corrected chi connectivity index (χ1v) is 9.59. The third kappa shape index (κ3) is 4.60. The Morgan fingerprint density at radius 2 is 1.96 bits per heavy atom. The maximum atomic E-state index is 13.6. The van der Waals surface area contributed by atoms with Crippen molar-refractivity contribution in [3.05, 3.63) is 24.0 Å². The topological polar surface area (TPSA) is 79.0 Å². The normalized spacial score (nSPS) is 16.6. The van der Waals surface area contributed by atoms with E-state index in [1.54, 1.807) is 4.90 Å². The van der Waals surface area contributed by atoms with Crippen molar-refractivity contribution in [1.29, 1.82) is 0 Å². The lowest BCUT2D eigenvalue weighted by atomic mass is 10.3. The second kappa shape index (κ2) is 8.01. The lowest BCUT2D eigenvalue weighted by molar-refractivity contribution is 0.198. The molecule has 1 aromatic rings. The highest BCUT2D eigenvalue weighted by molar-refractivity contribution is 7.89. The van der Waals surface area contributed by atoms with Crippen LogP contribution in [0.25, 0.3) is 0 Å².